The summed E-state index contributed by atoms with van der Waals surface area (Å²) in [6.45, 7) is 5.94. The Morgan fingerprint density at radius 3 is 2.50 bits per heavy atom. The van der Waals surface area contributed by atoms with Gasteiger partial charge >= 0.3 is 0 Å². The van der Waals surface area contributed by atoms with Crippen molar-refractivity contribution in [1.82, 2.24) is 10.2 Å². The number of carbonyl (C=O) groups is 2. The van der Waals surface area contributed by atoms with Crippen LogP contribution in [0.1, 0.15) is 45.4 Å². The number of hydrogen-bond acceptors (Lipinski definition) is 3. The minimum Gasteiger partial charge on any atom is -0.370 e. The van der Waals surface area contributed by atoms with Crippen molar-refractivity contribution >= 4 is 24.2 Å². The van der Waals surface area contributed by atoms with E-state index in [0.717, 1.165) is 39.0 Å². The number of nitrogens with zero attached hydrogens (tertiary/aromatic N) is 1. The maximum Gasteiger partial charge on any atom is 0.222 e. The predicted molar refractivity (Wildman–Crippen MR) is 89.7 cm³/mol. The Kier molecular flexibility index (Phi) is 8.18. The van der Waals surface area contributed by atoms with Crippen molar-refractivity contribution < 1.29 is 9.59 Å². The Labute approximate surface area is 139 Å². The molecule has 0 aromatic heterocycles. The Morgan fingerprint density at radius 2 is 1.95 bits per heavy atom. The molecule has 2 saturated heterocycles. The summed E-state index contributed by atoms with van der Waals surface area (Å²) in [5, 5.41) is 3.42. The Morgan fingerprint density at radius 1 is 1.27 bits per heavy atom. The number of carbonyl (C=O) groups excluding carboxylic acids is 2. The molecule has 22 heavy (non-hydrogen) atoms. The molecule has 0 saturated carbocycles. The van der Waals surface area contributed by atoms with E-state index in [2.05, 4.69) is 12.2 Å². The third kappa shape index (κ3) is 5.76. The van der Waals surface area contributed by atoms with E-state index in [-0.39, 0.29) is 24.2 Å². The van der Waals surface area contributed by atoms with E-state index < -0.39 is 0 Å². The molecule has 2 amide bonds. The summed E-state index contributed by atoms with van der Waals surface area (Å²) in [5.74, 6) is 1.51. The second-order valence-electron chi connectivity index (χ2n) is 6.78. The first kappa shape index (κ1) is 19.2. The second-order valence-corrected chi connectivity index (χ2v) is 6.78. The molecule has 0 aliphatic carbocycles. The van der Waals surface area contributed by atoms with Crippen LogP contribution in [0.15, 0.2) is 0 Å². The Bertz CT molecular complexity index is 364. The van der Waals surface area contributed by atoms with Gasteiger partial charge in [-0.2, -0.15) is 0 Å². The molecule has 5 nitrogen and oxygen atoms in total. The molecule has 2 aliphatic heterocycles. The fourth-order valence-corrected chi connectivity index (χ4v) is 3.61. The second kappa shape index (κ2) is 9.36. The van der Waals surface area contributed by atoms with Crippen LogP contribution < -0.4 is 11.1 Å². The highest BCUT2D eigenvalue weighted by molar-refractivity contribution is 5.85. The molecule has 0 radical (unpaired) electrons. The van der Waals surface area contributed by atoms with Crippen molar-refractivity contribution in [2.45, 2.75) is 45.4 Å². The van der Waals surface area contributed by atoms with Crippen molar-refractivity contribution in [2.75, 3.05) is 26.2 Å². The summed E-state index contributed by atoms with van der Waals surface area (Å²) in [4.78, 5) is 25.3. The number of hydrogen-bond donors (Lipinski definition) is 2. The highest BCUT2D eigenvalue weighted by Gasteiger charge is 2.27. The van der Waals surface area contributed by atoms with Gasteiger partial charge in [0.25, 0.3) is 0 Å². The van der Waals surface area contributed by atoms with E-state index in [1.165, 1.54) is 12.8 Å². The Hall–Kier alpha value is -0.810. The molecule has 0 aromatic rings. The number of likely N-dealkylation sites (tertiary alicyclic amines) is 1. The lowest BCUT2D eigenvalue weighted by atomic mass is 9.85. The van der Waals surface area contributed by atoms with Crippen LogP contribution in [0.4, 0.5) is 0 Å². The lowest BCUT2D eigenvalue weighted by molar-refractivity contribution is -0.134. The minimum absolute atomic E-state index is 0. The summed E-state index contributed by atoms with van der Waals surface area (Å²) in [6.07, 6.45) is 5.41. The minimum atomic E-state index is -0.224. The van der Waals surface area contributed by atoms with Crippen LogP contribution >= 0.6 is 12.4 Å². The molecule has 2 rings (SSSR count). The number of rotatable bonds is 5. The molecule has 3 N–H and O–H groups in total. The van der Waals surface area contributed by atoms with E-state index in [1.54, 1.807) is 0 Å². The fraction of sp³-hybridized carbons (Fsp3) is 0.875. The zero-order valence-electron chi connectivity index (χ0n) is 13.6. The molecule has 2 fully saturated rings. The average Bonchev–Trinajstić information content (AvgIpc) is 2.48. The van der Waals surface area contributed by atoms with Gasteiger partial charge < -0.3 is 16.0 Å². The summed E-state index contributed by atoms with van der Waals surface area (Å²) in [6, 6.07) is 0. The van der Waals surface area contributed by atoms with Crippen molar-refractivity contribution in [1.29, 1.82) is 0 Å². The zero-order valence-corrected chi connectivity index (χ0v) is 14.4. The quantitative estimate of drug-likeness (QED) is 0.802. The van der Waals surface area contributed by atoms with Gasteiger partial charge in [0.05, 0.1) is 0 Å². The van der Waals surface area contributed by atoms with Gasteiger partial charge in [-0.05, 0) is 56.5 Å². The standard InChI is InChI=1S/C16H29N3O2.ClH/c1-12(14-3-2-6-18-11-14)9-16(21)19-7-4-13(5-8-19)10-15(17)20;/h12-14,18H,2-11H2,1H3,(H2,17,20);1H. The largest absolute Gasteiger partial charge is 0.370 e. The van der Waals surface area contributed by atoms with Gasteiger partial charge in [-0.3, -0.25) is 9.59 Å². The maximum absolute atomic E-state index is 12.4. The summed E-state index contributed by atoms with van der Waals surface area (Å²) < 4.78 is 0. The summed E-state index contributed by atoms with van der Waals surface area (Å²) in [5.41, 5.74) is 5.24. The van der Waals surface area contributed by atoms with Gasteiger partial charge in [0.15, 0.2) is 0 Å². The lowest BCUT2D eigenvalue weighted by Crippen LogP contribution is -2.41. The van der Waals surface area contributed by atoms with Crippen LogP contribution in [0.3, 0.4) is 0 Å². The number of halogens is 1. The smallest absolute Gasteiger partial charge is 0.222 e. The molecule has 128 valence electrons. The van der Waals surface area contributed by atoms with Gasteiger partial charge in [-0.1, -0.05) is 6.92 Å². The first-order valence-corrected chi connectivity index (χ1v) is 8.33. The molecular formula is C16H30ClN3O2. The van der Waals surface area contributed by atoms with Gasteiger partial charge in [-0.25, -0.2) is 0 Å². The molecule has 2 atom stereocenters. The summed E-state index contributed by atoms with van der Waals surface area (Å²) >= 11 is 0. The lowest BCUT2D eigenvalue weighted by Gasteiger charge is -2.34. The molecule has 2 aliphatic rings. The van der Waals surface area contributed by atoms with E-state index in [1.807, 2.05) is 4.90 Å². The van der Waals surface area contributed by atoms with Crippen LogP contribution in [0.25, 0.3) is 0 Å². The van der Waals surface area contributed by atoms with Crippen molar-refractivity contribution in [3.63, 3.8) is 0 Å². The predicted octanol–water partition coefficient (Wildman–Crippen LogP) is 1.55. The molecule has 6 heteroatoms. The van der Waals surface area contributed by atoms with Crippen LogP contribution in [-0.2, 0) is 9.59 Å². The van der Waals surface area contributed by atoms with E-state index >= 15 is 0 Å². The SMILES string of the molecule is CC(CC(=O)N1CCC(CC(N)=O)CC1)C1CCCNC1.Cl. The van der Waals surface area contributed by atoms with Crippen LogP contribution in [-0.4, -0.2) is 42.9 Å². The van der Waals surface area contributed by atoms with E-state index in [9.17, 15) is 9.59 Å². The third-order valence-corrected chi connectivity index (χ3v) is 5.09. The van der Waals surface area contributed by atoms with Crippen LogP contribution in [0.5, 0.6) is 0 Å². The summed E-state index contributed by atoms with van der Waals surface area (Å²) in [7, 11) is 0. The average molecular weight is 332 g/mol. The van der Waals surface area contributed by atoms with Crippen molar-refractivity contribution in [3.8, 4) is 0 Å². The van der Waals surface area contributed by atoms with Crippen molar-refractivity contribution in [2.24, 2.45) is 23.5 Å². The van der Waals surface area contributed by atoms with Crippen molar-refractivity contribution in [3.05, 3.63) is 0 Å². The first-order valence-electron chi connectivity index (χ1n) is 8.33. The van der Waals surface area contributed by atoms with Gasteiger partial charge in [0.1, 0.15) is 0 Å². The van der Waals surface area contributed by atoms with E-state index in [0.29, 0.717) is 30.6 Å². The number of nitrogens with two attached hydrogens (primary N) is 1. The number of piperidine rings is 2. The molecule has 2 heterocycles. The van der Waals surface area contributed by atoms with Gasteiger partial charge in [0, 0.05) is 25.9 Å². The normalized spacial score (nSPS) is 24.4. The van der Waals surface area contributed by atoms with Gasteiger partial charge in [-0.15, -0.1) is 12.4 Å². The van der Waals surface area contributed by atoms with Crippen LogP contribution in [0, 0.1) is 17.8 Å². The van der Waals surface area contributed by atoms with E-state index in [4.69, 9.17) is 5.73 Å². The first-order chi connectivity index (χ1) is 10.1. The fourth-order valence-electron chi connectivity index (χ4n) is 3.61. The molecule has 0 bridgehead atoms. The Balaban J connectivity index is 0.00000242. The number of nitrogens with one attached hydrogen (secondary N) is 1. The monoisotopic (exact) mass is 331 g/mol. The molecule has 0 aromatic carbocycles. The highest BCUT2D eigenvalue weighted by Crippen LogP contribution is 2.25. The zero-order chi connectivity index (χ0) is 15.2. The topological polar surface area (TPSA) is 75.4 Å². The third-order valence-electron chi connectivity index (χ3n) is 5.09. The number of amides is 2. The highest BCUT2D eigenvalue weighted by atomic mass is 35.5. The maximum atomic E-state index is 12.4. The number of primary amides is 1. The molecule has 0 spiro atoms. The molecule has 2 unspecified atom stereocenters. The molecular weight excluding hydrogens is 302 g/mol. The van der Waals surface area contributed by atoms with Crippen LogP contribution in [0.2, 0.25) is 0 Å². The van der Waals surface area contributed by atoms with Gasteiger partial charge in [0.2, 0.25) is 11.8 Å².